The molecule has 21 heavy (non-hydrogen) atoms. The maximum atomic E-state index is 12.1. The molecule has 2 heterocycles. The molecule has 2 aromatic rings. The summed E-state index contributed by atoms with van der Waals surface area (Å²) in [5, 5.41) is 3.29. The summed E-state index contributed by atoms with van der Waals surface area (Å²) in [6, 6.07) is 12.2. The van der Waals surface area contributed by atoms with Gasteiger partial charge in [0.15, 0.2) is 0 Å². The highest BCUT2D eigenvalue weighted by Crippen LogP contribution is 2.19. The van der Waals surface area contributed by atoms with E-state index in [-0.39, 0.29) is 11.9 Å². The van der Waals surface area contributed by atoms with Crippen LogP contribution in [0.5, 0.6) is 0 Å². The number of benzene rings is 1. The Bertz CT molecular complexity index is 610. The lowest BCUT2D eigenvalue weighted by Gasteiger charge is -2.30. The zero-order valence-electron chi connectivity index (χ0n) is 12.1. The number of nitrogens with one attached hydrogen (secondary N) is 1. The first-order chi connectivity index (χ1) is 10.2. The van der Waals surface area contributed by atoms with Crippen LogP contribution in [0.3, 0.4) is 0 Å². The molecule has 4 nitrogen and oxygen atoms in total. The van der Waals surface area contributed by atoms with Crippen molar-refractivity contribution in [2.45, 2.75) is 12.5 Å². The molecule has 1 aromatic carbocycles. The minimum absolute atomic E-state index is 0.104. The van der Waals surface area contributed by atoms with Crippen LogP contribution >= 0.6 is 0 Å². The number of aromatic nitrogens is 1. The summed E-state index contributed by atoms with van der Waals surface area (Å²) < 4.78 is 0. The number of rotatable bonds is 3. The third kappa shape index (κ3) is 3.11. The van der Waals surface area contributed by atoms with E-state index in [9.17, 15) is 4.79 Å². The Morgan fingerprint density at radius 1 is 1.24 bits per heavy atom. The smallest absolute Gasteiger partial charge is 0.239 e. The van der Waals surface area contributed by atoms with Crippen molar-refractivity contribution in [3.63, 3.8) is 0 Å². The Labute approximate surface area is 124 Å². The molecule has 1 N–H and O–H groups in total. The SMILES string of the molecule is CN1CCNC(Cc2ccc(-c3cccnc3)cc2)C1=O. The van der Waals surface area contributed by atoms with E-state index in [0.29, 0.717) is 0 Å². The van der Waals surface area contributed by atoms with Gasteiger partial charge in [-0.2, -0.15) is 0 Å². The van der Waals surface area contributed by atoms with Crippen LogP contribution in [0.2, 0.25) is 0 Å². The number of pyridine rings is 1. The number of amides is 1. The lowest BCUT2D eigenvalue weighted by molar-refractivity contribution is -0.134. The van der Waals surface area contributed by atoms with Gasteiger partial charge in [0, 0.05) is 32.5 Å². The van der Waals surface area contributed by atoms with E-state index in [2.05, 4.69) is 34.6 Å². The molecule has 0 bridgehead atoms. The topological polar surface area (TPSA) is 45.2 Å². The van der Waals surface area contributed by atoms with Gasteiger partial charge >= 0.3 is 0 Å². The summed E-state index contributed by atoms with van der Waals surface area (Å²) in [6.45, 7) is 1.65. The van der Waals surface area contributed by atoms with Gasteiger partial charge in [-0.3, -0.25) is 9.78 Å². The van der Waals surface area contributed by atoms with Crippen molar-refractivity contribution in [1.82, 2.24) is 15.2 Å². The van der Waals surface area contributed by atoms with E-state index in [4.69, 9.17) is 0 Å². The molecular formula is C17H19N3O. The Hall–Kier alpha value is -2.20. The number of piperazine rings is 1. The second-order valence-electron chi connectivity index (χ2n) is 5.41. The van der Waals surface area contributed by atoms with Gasteiger partial charge in [-0.15, -0.1) is 0 Å². The molecule has 1 unspecified atom stereocenters. The van der Waals surface area contributed by atoms with E-state index in [1.165, 1.54) is 5.56 Å². The van der Waals surface area contributed by atoms with Crippen LogP contribution in [0.1, 0.15) is 5.56 Å². The van der Waals surface area contributed by atoms with Crippen molar-refractivity contribution in [3.8, 4) is 11.1 Å². The van der Waals surface area contributed by atoms with Gasteiger partial charge in [-0.25, -0.2) is 0 Å². The van der Waals surface area contributed by atoms with Gasteiger partial charge in [-0.05, 0) is 29.2 Å². The van der Waals surface area contributed by atoms with Gasteiger partial charge in [0.2, 0.25) is 5.91 Å². The molecule has 1 fully saturated rings. The number of hydrogen-bond acceptors (Lipinski definition) is 3. The number of carbonyl (C=O) groups excluding carboxylic acids is 1. The van der Waals surface area contributed by atoms with E-state index < -0.39 is 0 Å². The standard InChI is InChI=1S/C17H19N3O/c1-20-10-9-19-16(17(20)21)11-13-4-6-14(7-5-13)15-3-2-8-18-12-15/h2-8,12,16,19H,9-11H2,1H3. The van der Waals surface area contributed by atoms with Crippen LogP contribution in [0.15, 0.2) is 48.8 Å². The fraction of sp³-hybridized carbons (Fsp3) is 0.294. The normalized spacial score (nSPS) is 18.8. The molecule has 0 aliphatic carbocycles. The summed E-state index contributed by atoms with van der Waals surface area (Å²) in [4.78, 5) is 18.0. The first-order valence-electron chi connectivity index (χ1n) is 7.22. The van der Waals surface area contributed by atoms with Crippen molar-refractivity contribution >= 4 is 5.91 Å². The van der Waals surface area contributed by atoms with E-state index in [1.54, 1.807) is 11.1 Å². The van der Waals surface area contributed by atoms with Gasteiger partial charge in [0.1, 0.15) is 0 Å². The average molecular weight is 281 g/mol. The van der Waals surface area contributed by atoms with Gasteiger partial charge < -0.3 is 10.2 Å². The second-order valence-corrected chi connectivity index (χ2v) is 5.41. The Balaban J connectivity index is 1.71. The Morgan fingerprint density at radius 3 is 2.76 bits per heavy atom. The van der Waals surface area contributed by atoms with Gasteiger partial charge in [0.05, 0.1) is 6.04 Å². The predicted molar refractivity (Wildman–Crippen MR) is 82.8 cm³/mol. The van der Waals surface area contributed by atoms with Crippen molar-refractivity contribution in [3.05, 3.63) is 54.4 Å². The van der Waals surface area contributed by atoms with Crippen molar-refractivity contribution in [2.75, 3.05) is 20.1 Å². The molecule has 3 rings (SSSR count). The molecular weight excluding hydrogens is 262 g/mol. The quantitative estimate of drug-likeness (QED) is 0.932. The van der Waals surface area contributed by atoms with Crippen LogP contribution in [0.25, 0.3) is 11.1 Å². The Morgan fingerprint density at radius 2 is 2.05 bits per heavy atom. The second kappa shape index (κ2) is 6.06. The summed E-state index contributed by atoms with van der Waals surface area (Å²) in [7, 11) is 1.86. The molecule has 0 spiro atoms. The monoisotopic (exact) mass is 281 g/mol. The minimum atomic E-state index is -0.104. The van der Waals surface area contributed by atoms with Crippen molar-refractivity contribution in [2.24, 2.45) is 0 Å². The summed E-state index contributed by atoms with van der Waals surface area (Å²) in [5.74, 6) is 0.178. The highest BCUT2D eigenvalue weighted by atomic mass is 16.2. The first-order valence-corrected chi connectivity index (χ1v) is 7.22. The maximum Gasteiger partial charge on any atom is 0.239 e. The average Bonchev–Trinajstić information content (AvgIpc) is 2.53. The molecule has 1 saturated heterocycles. The zero-order chi connectivity index (χ0) is 14.7. The van der Waals surface area contributed by atoms with Gasteiger partial charge in [-0.1, -0.05) is 30.3 Å². The molecule has 1 aliphatic heterocycles. The fourth-order valence-electron chi connectivity index (χ4n) is 2.63. The molecule has 108 valence electrons. The molecule has 1 atom stereocenters. The van der Waals surface area contributed by atoms with Crippen LogP contribution in [-0.2, 0) is 11.2 Å². The molecule has 1 aliphatic rings. The van der Waals surface area contributed by atoms with E-state index in [1.807, 2.05) is 25.4 Å². The van der Waals surface area contributed by atoms with Crippen molar-refractivity contribution < 1.29 is 4.79 Å². The molecule has 4 heteroatoms. The number of nitrogens with zero attached hydrogens (tertiary/aromatic N) is 2. The van der Waals surface area contributed by atoms with Crippen LogP contribution in [0.4, 0.5) is 0 Å². The highest BCUT2D eigenvalue weighted by Gasteiger charge is 2.25. The zero-order valence-corrected chi connectivity index (χ0v) is 12.1. The van der Waals surface area contributed by atoms with Crippen LogP contribution in [0, 0.1) is 0 Å². The lowest BCUT2D eigenvalue weighted by Crippen LogP contribution is -2.54. The minimum Gasteiger partial charge on any atom is -0.343 e. The highest BCUT2D eigenvalue weighted by molar-refractivity contribution is 5.82. The molecule has 1 amide bonds. The third-order valence-corrected chi connectivity index (χ3v) is 3.90. The third-order valence-electron chi connectivity index (χ3n) is 3.90. The summed E-state index contributed by atoms with van der Waals surface area (Å²) in [5.41, 5.74) is 3.42. The number of hydrogen-bond donors (Lipinski definition) is 1. The first kappa shape index (κ1) is 13.8. The number of carbonyl (C=O) groups is 1. The van der Waals surface area contributed by atoms with E-state index >= 15 is 0 Å². The molecule has 0 saturated carbocycles. The van der Waals surface area contributed by atoms with E-state index in [0.717, 1.165) is 30.6 Å². The number of likely N-dealkylation sites (N-methyl/N-ethyl adjacent to an activating group) is 1. The van der Waals surface area contributed by atoms with Crippen LogP contribution < -0.4 is 5.32 Å². The fourth-order valence-corrected chi connectivity index (χ4v) is 2.63. The predicted octanol–water partition coefficient (Wildman–Crippen LogP) is 1.72. The lowest BCUT2D eigenvalue weighted by atomic mass is 10.00. The largest absolute Gasteiger partial charge is 0.343 e. The van der Waals surface area contributed by atoms with Crippen molar-refractivity contribution in [1.29, 1.82) is 0 Å². The maximum absolute atomic E-state index is 12.1. The van der Waals surface area contributed by atoms with Crippen LogP contribution in [-0.4, -0.2) is 42.0 Å². The molecule has 0 radical (unpaired) electrons. The molecule has 1 aromatic heterocycles. The Kier molecular flexibility index (Phi) is 3.97. The summed E-state index contributed by atoms with van der Waals surface area (Å²) in [6.07, 6.45) is 4.36. The summed E-state index contributed by atoms with van der Waals surface area (Å²) >= 11 is 0. The van der Waals surface area contributed by atoms with Gasteiger partial charge in [0.25, 0.3) is 0 Å².